The van der Waals surface area contributed by atoms with E-state index in [-0.39, 0.29) is 18.2 Å². The van der Waals surface area contributed by atoms with E-state index in [9.17, 15) is 4.79 Å². The van der Waals surface area contributed by atoms with Gasteiger partial charge < -0.3 is 9.47 Å². The second-order valence-electron chi connectivity index (χ2n) is 5.80. The van der Waals surface area contributed by atoms with Gasteiger partial charge in [-0.1, -0.05) is 15.9 Å². The smallest absolute Gasteiger partial charge is 0.410 e. The molecule has 0 aromatic carbocycles. The summed E-state index contributed by atoms with van der Waals surface area (Å²) < 4.78 is 11.0. The number of halogens is 1. The van der Waals surface area contributed by atoms with Gasteiger partial charge in [-0.3, -0.25) is 4.90 Å². The van der Waals surface area contributed by atoms with E-state index in [1.165, 1.54) is 0 Å². The van der Waals surface area contributed by atoms with E-state index in [1.807, 2.05) is 25.7 Å². The minimum Gasteiger partial charge on any atom is -0.444 e. The van der Waals surface area contributed by atoms with E-state index in [2.05, 4.69) is 15.9 Å². The van der Waals surface area contributed by atoms with Crippen molar-refractivity contribution < 1.29 is 14.3 Å². The molecule has 0 aromatic rings. The fourth-order valence-electron chi connectivity index (χ4n) is 2.46. The number of alkyl halides is 1. The number of nitrogens with zero attached hydrogens (tertiary/aromatic N) is 1. The zero-order valence-corrected chi connectivity index (χ0v) is 12.2. The summed E-state index contributed by atoms with van der Waals surface area (Å²) in [6.07, 6.45) is 1.68. The monoisotopic (exact) mass is 305 g/mol. The molecule has 0 aromatic heterocycles. The van der Waals surface area contributed by atoms with E-state index in [1.54, 1.807) is 0 Å². The number of hydrogen-bond acceptors (Lipinski definition) is 3. The van der Waals surface area contributed by atoms with Gasteiger partial charge in [-0.05, 0) is 33.6 Å². The molecule has 0 saturated carbocycles. The molecular formula is C12H20BrNO3. The SMILES string of the molecule is CC(C)(C)OC(=O)N1C2COCC1CC(Br)C2. The van der Waals surface area contributed by atoms with Crippen LogP contribution in [0.25, 0.3) is 0 Å². The Morgan fingerprint density at radius 3 is 2.29 bits per heavy atom. The molecule has 0 radical (unpaired) electrons. The van der Waals surface area contributed by atoms with Crippen LogP contribution in [0, 0.1) is 0 Å². The second kappa shape index (κ2) is 4.76. The van der Waals surface area contributed by atoms with Crippen LogP contribution in [0.3, 0.4) is 0 Å². The van der Waals surface area contributed by atoms with Gasteiger partial charge in [0.15, 0.2) is 0 Å². The highest BCUT2D eigenvalue weighted by Gasteiger charge is 2.42. The molecule has 2 saturated heterocycles. The maximum atomic E-state index is 12.2. The van der Waals surface area contributed by atoms with E-state index >= 15 is 0 Å². The second-order valence-corrected chi connectivity index (χ2v) is 7.10. The van der Waals surface area contributed by atoms with E-state index < -0.39 is 5.60 Å². The molecule has 2 aliphatic heterocycles. The van der Waals surface area contributed by atoms with E-state index in [4.69, 9.17) is 9.47 Å². The van der Waals surface area contributed by atoms with Gasteiger partial charge in [-0.25, -0.2) is 4.79 Å². The molecule has 5 heteroatoms. The summed E-state index contributed by atoms with van der Waals surface area (Å²) in [5, 5.41) is 0. The van der Waals surface area contributed by atoms with Crippen molar-refractivity contribution in [2.45, 2.75) is 56.1 Å². The van der Waals surface area contributed by atoms with Crippen LogP contribution in [0.15, 0.2) is 0 Å². The summed E-state index contributed by atoms with van der Waals surface area (Å²) in [7, 11) is 0. The quantitative estimate of drug-likeness (QED) is 0.646. The topological polar surface area (TPSA) is 38.8 Å². The van der Waals surface area contributed by atoms with E-state index in [0.29, 0.717) is 18.0 Å². The van der Waals surface area contributed by atoms with Crippen LogP contribution >= 0.6 is 15.9 Å². The predicted molar refractivity (Wildman–Crippen MR) is 68.4 cm³/mol. The first-order valence-corrected chi connectivity index (χ1v) is 7.01. The Hall–Kier alpha value is -0.290. The van der Waals surface area contributed by atoms with Crippen molar-refractivity contribution in [3.8, 4) is 0 Å². The normalized spacial score (nSPS) is 33.4. The van der Waals surface area contributed by atoms with Crippen molar-refractivity contribution in [2.24, 2.45) is 0 Å². The van der Waals surface area contributed by atoms with Gasteiger partial charge in [0.2, 0.25) is 0 Å². The fourth-order valence-corrected chi connectivity index (χ4v) is 3.32. The van der Waals surface area contributed by atoms with E-state index in [0.717, 1.165) is 12.8 Å². The zero-order valence-electron chi connectivity index (χ0n) is 10.6. The van der Waals surface area contributed by atoms with Gasteiger partial charge >= 0.3 is 6.09 Å². The first-order valence-electron chi connectivity index (χ1n) is 6.10. The zero-order chi connectivity index (χ0) is 12.6. The largest absolute Gasteiger partial charge is 0.444 e. The number of fused-ring (bicyclic) bond motifs is 2. The molecule has 2 rings (SSSR count). The summed E-state index contributed by atoms with van der Waals surface area (Å²) in [5.74, 6) is 0. The lowest BCUT2D eigenvalue weighted by molar-refractivity contribution is -0.0765. The van der Waals surface area contributed by atoms with Crippen molar-refractivity contribution in [1.82, 2.24) is 4.90 Å². The standard InChI is InChI=1S/C12H20BrNO3/c1-12(2,3)17-11(15)14-9-4-8(13)5-10(14)7-16-6-9/h8-10H,4-7H2,1-3H3. The molecule has 0 spiro atoms. The van der Waals surface area contributed by atoms with Gasteiger partial charge in [0.25, 0.3) is 0 Å². The Bertz CT molecular complexity index is 289. The van der Waals surface area contributed by atoms with Crippen LogP contribution in [0.5, 0.6) is 0 Å². The van der Waals surface area contributed by atoms with Crippen molar-refractivity contribution in [1.29, 1.82) is 0 Å². The van der Waals surface area contributed by atoms with Gasteiger partial charge in [0.05, 0.1) is 25.3 Å². The molecule has 4 nitrogen and oxygen atoms in total. The number of piperidine rings is 1. The molecule has 2 atom stereocenters. The van der Waals surface area contributed by atoms with Crippen molar-refractivity contribution in [3.05, 3.63) is 0 Å². The Morgan fingerprint density at radius 2 is 1.82 bits per heavy atom. The molecule has 2 aliphatic rings. The maximum absolute atomic E-state index is 12.2. The number of ether oxygens (including phenoxy) is 2. The first-order chi connectivity index (χ1) is 7.87. The van der Waals surface area contributed by atoms with Gasteiger partial charge in [-0.2, -0.15) is 0 Å². The molecule has 2 unspecified atom stereocenters. The van der Waals surface area contributed by atoms with Gasteiger partial charge in [0.1, 0.15) is 5.60 Å². The summed E-state index contributed by atoms with van der Waals surface area (Å²) in [6, 6.07) is 0.309. The summed E-state index contributed by atoms with van der Waals surface area (Å²) in [5.41, 5.74) is -0.433. The van der Waals surface area contributed by atoms with Crippen LogP contribution in [0.1, 0.15) is 33.6 Å². The highest BCUT2D eigenvalue weighted by Crippen LogP contribution is 2.32. The molecule has 2 fully saturated rings. The lowest BCUT2D eigenvalue weighted by Crippen LogP contribution is -2.60. The van der Waals surface area contributed by atoms with Gasteiger partial charge in [-0.15, -0.1) is 0 Å². The third kappa shape index (κ3) is 3.13. The van der Waals surface area contributed by atoms with Crippen LogP contribution < -0.4 is 0 Å². The number of rotatable bonds is 0. The highest BCUT2D eigenvalue weighted by atomic mass is 79.9. The Labute approximate surface area is 111 Å². The maximum Gasteiger partial charge on any atom is 0.410 e. The molecule has 2 heterocycles. The molecule has 0 aliphatic carbocycles. The summed E-state index contributed by atoms with van der Waals surface area (Å²) in [4.78, 5) is 14.5. The molecule has 1 amide bonds. The predicted octanol–water partition coefficient (Wildman–Crippen LogP) is 2.55. The Balaban J connectivity index is 2.07. The lowest BCUT2D eigenvalue weighted by atomic mass is 9.95. The number of carbonyl (C=O) groups excluding carboxylic acids is 1. The van der Waals surface area contributed by atoms with Crippen molar-refractivity contribution >= 4 is 22.0 Å². The average molecular weight is 306 g/mol. The summed E-state index contributed by atoms with van der Waals surface area (Å²) in [6.45, 7) is 6.94. The molecule has 0 N–H and O–H groups in total. The minimum atomic E-state index is -0.433. The fraction of sp³-hybridized carbons (Fsp3) is 0.917. The van der Waals surface area contributed by atoms with Gasteiger partial charge in [0, 0.05) is 4.83 Å². The number of amides is 1. The van der Waals surface area contributed by atoms with Crippen LogP contribution in [0.2, 0.25) is 0 Å². The summed E-state index contributed by atoms with van der Waals surface area (Å²) >= 11 is 3.65. The van der Waals surface area contributed by atoms with Crippen LogP contribution in [-0.4, -0.2) is 46.7 Å². The Kier molecular flexibility index (Phi) is 3.69. The Morgan fingerprint density at radius 1 is 1.29 bits per heavy atom. The van der Waals surface area contributed by atoms with Crippen LogP contribution in [-0.2, 0) is 9.47 Å². The van der Waals surface area contributed by atoms with Crippen molar-refractivity contribution in [3.63, 3.8) is 0 Å². The molecule has 17 heavy (non-hydrogen) atoms. The first kappa shape index (κ1) is 13.1. The number of carbonyl (C=O) groups is 1. The van der Waals surface area contributed by atoms with Crippen LogP contribution in [0.4, 0.5) is 4.79 Å². The highest BCUT2D eigenvalue weighted by molar-refractivity contribution is 9.09. The third-order valence-corrected chi connectivity index (χ3v) is 3.81. The third-order valence-electron chi connectivity index (χ3n) is 3.07. The molecule has 98 valence electrons. The van der Waals surface area contributed by atoms with Crippen molar-refractivity contribution in [2.75, 3.05) is 13.2 Å². The molecular weight excluding hydrogens is 286 g/mol. The molecule has 2 bridgehead atoms. The average Bonchev–Trinajstić information content (AvgIpc) is 2.12. The number of morpholine rings is 1. The minimum absolute atomic E-state index is 0.154. The lowest BCUT2D eigenvalue weighted by Gasteiger charge is -2.47. The number of hydrogen-bond donors (Lipinski definition) is 0.